The van der Waals surface area contributed by atoms with Gasteiger partial charge in [-0.05, 0) is 30.3 Å². The van der Waals surface area contributed by atoms with Gasteiger partial charge in [-0.1, -0.05) is 37.6 Å². The lowest BCUT2D eigenvalue weighted by Crippen LogP contribution is -2.31. The largest absolute Gasteiger partial charge is 0.482 e. The van der Waals surface area contributed by atoms with Crippen molar-refractivity contribution < 1.29 is 31.1 Å². The molecule has 0 unspecified atom stereocenters. The first-order chi connectivity index (χ1) is 14.0. The molecular formula is C19H20ClF3N2O4S. The van der Waals surface area contributed by atoms with Gasteiger partial charge in [0.2, 0.25) is 10.0 Å². The summed E-state index contributed by atoms with van der Waals surface area (Å²) in [6.45, 7) is 3.04. The molecule has 0 aliphatic rings. The zero-order valence-electron chi connectivity index (χ0n) is 16.2. The lowest BCUT2D eigenvalue weighted by Gasteiger charge is -2.20. The highest BCUT2D eigenvalue weighted by Crippen LogP contribution is 2.34. The van der Waals surface area contributed by atoms with E-state index in [0.717, 1.165) is 12.1 Å². The van der Waals surface area contributed by atoms with E-state index in [9.17, 15) is 26.4 Å². The standard InChI is InChI=1S/C19H20ClF3N2O4S/c1-3-25(4-2)30(27,28)17-11-13(20)9-10-16(17)29-12-18(26)24-15-8-6-5-7-14(15)19(21,22)23/h5-11H,3-4,12H2,1-2H3,(H,24,26). The number of amides is 1. The van der Waals surface area contributed by atoms with E-state index in [0.29, 0.717) is 0 Å². The number of carbonyl (C=O) groups excluding carboxylic acids is 1. The van der Waals surface area contributed by atoms with Crippen molar-refractivity contribution in [1.82, 2.24) is 4.31 Å². The first kappa shape index (κ1) is 24.0. The molecule has 0 saturated heterocycles. The second-order valence-electron chi connectivity index (χ2n) is 6.06. The van der Waals surface area contributed by atoms with E-state index in [4.69, 9.17) is 16.3 Å². The van der Waals surface area contributed by atoms with E-state index in [2.05, 4.69) is 5.32 Å². The molecule has 0 saturated carbocycles. The average molecular weight is 465 g/mol. The number of nitrogens with zero attached hydrogens (tertiary/aromatic N) is 1. The van der Waals surface area contributed by atoms with Crippen molar-refractivity contribution in [3.05, 3.63) is 53.1 Å². The summed E-state index contributed by atoms with van der Waals surface area (Å²) in [5.74, 6) is -1.02. The van der Waals surface area contributed by atoms with Gasteiger partial charge in [-0.25, -0.2) is 8.42 Å². The molecule has 1 amide bonds. The number of para-hydroxylation sites is 1. The van der Waals surface area contributed by atoms with Gasteiger partial charge < -0.3 is 10.1 Å². The number of benzene rings is 2. The Bertz CT molecular complexity index is 1010. The van der Waals surface area contributed by atoms with Crippen LogP contribution < -0.4 is 10.1 Å². The maximum absolute atomic E-state index is 13.0. The van der Waals surface area contributed by atoms with Crippen LogP contribution in [0.2, 0.25) is 5.02 Å². The smallest absolute Gasteiger partial charge is 0.418 e. The molecule has 0 atom stereocenters. The summed E-state index contributed by atoms with van der Waals surface area (Å²) in [4.78, 5) is 11.9. The molecule has 6 nitrogen and oxygen atoms in total. The molecule has 2 aromatic carbocycles. The van der Waals surface area contributed by atoms with Crippen molar-refractivity contribution in [2.24, 2.45) is 0 Å². The van der Waals surface area contributed by atoms with Crippen molar-refractivity contribution in [3.8, 4) is 5.75 Å². The van der Waals surface area contributed by atoms with Crippen molar-refractivity contribution in [2.45, 2.75) is 24.9 Å². The van der Waals surface area contributed by atoms with Crippen LogP contribution in [0.15, 0.2) is 47.4 Å². The Kier molecular flexibility index (Phi) is 7.73. The lowest BCUT2D eigenvalue weighted by molar-refractivity contribution is -0.137. The van der Waals surface area contributed by atoms with Gasteiger partial charge in [0.25, 0.3) is 5.91 Å². The number of halogens is 4. The fourth-order valence-corrected chi connectivity index (χ4v) is 4.53. The second kappa shape index (κ2) is 9.67. The molecule has 0 aliphatic heterocycles. The minimum atomic E-state index is -4.65. The van der Waals surface area contributed by atoms with Crippen molar-refractivity contribution in [3.63, 3.8) is 0 Å². The van der Waals surface area contributed by atoms with Gasteiger partial charge in [-0.3, -0.25) is 4.79 Å². The minimum Gasteiger partial charge on any atom is -0.482 e. The van der Waals surface area contributed by atoms with E-state index in [-0.39, 0.29) is 28.8 Å². The molecule has 11 heteroatoms. The number of alkyl halides is 3. The average Bonchev–Trinajstić information content (AvgIpc) is 2.67. The zero-order valence-corrected chi connectivity index (χ0v) is 17.7. The van der Waals surface area contributed by atoms with Crippen LogP contribution in [0, 0.1) is 0 Å². The van der Waals surface area contributed by atoms with Crippen LogP contribution in [0.5, 0.6) is 5.75 Å². The van der Waals surface area contributed by atoms with Gasteiger partial charge in [0.15, 0.2) is 6.61 Å². The van der Waals surface area contributed by atoms with E-state index in [1.165, 1.54) is 34.6 Å². The summed E-state index contributed by atoms with van der Waals surface area (Å²) in [5.41, 5.74) is -1.43. The highest BCUT2D eigenvalue weighted by Gasteiger charge is 2.33. The normalized spacial score (nSPS) is 12.1. The Labute approximate surface area is 177 Å². The topological polar surface area (TPSA) is 75.7 Å². The summed E-state index contributed by atoms with van der Waals surface area (Å²) in [7, 11) is -3.94. The van der Waals surface area contributed by atoms with Gasteiger partial charge in [0.1, 0.15) is 10.6 Å². The van der Waals surface area contributed by atoms with Gasteiger partial charge in [0.05, 0.1) is 11.3 Å². The zero-order chi connectivity index (χ0) is 22.5. The van der Waals surface area contributed by atoms with Gasteiger partial charge in [0, 0.05) is 18.1 Å². The van der Waals surface area contributed by atoms with Crippen LogP contribution in [0.4, 0.5) is 18.9 Å². The van der Waals surface area contributed by atoms with E-state index < -0.39 is 40.0 Å². The van der Waals surface area contributed by atoms with E-state index >= 15 is 0 Å². The number of hydrogen-bond acceptors (Lipinski definition) is 4. The predicted octanol–water partition coefficient (Wildman–Crippen LogP) is 4.41. The summed E-state index contributed by atoms with van der Waals surface area (Å²) in [5, 5.41) is 2.28. The van der Waals surface area contributed by atoms with Crippen LogP contribution in [0.1, 0.15) is 19.4 Å². The summed E-state index contributed by atoms with van der Waals surface area (Å²) < 4.78 is 71.3. The highest BCUT2D eigenvalue weighted by molar-refractivity contribution is 7.89. The van der Waals surface area contributed by atoms with Gasteiger partial charge in [-0.2, -0.15) is 17.5 Å². The Morgan fingerprint density at radius 2 is 1.77 bits per heavy atom. The molecule has 2 aromatic rings. The number of hydrogen-bond donors (Lipinski definition) is 1. The third-order valence-corrected chi connectivity index (χ3v) is 6.40. The fraction of sp³-hybridized carbons (Fsp3) is 0.316. The highest BCUT2D eigenvalue weighted by atomic mass is 35.5. The van der Waals surface area contributed by atoms with Crippen LogP contribution in [-0.2, 0) is 21.0 Å². The third-order valence-electron chi connectivity index (χ3n) is 4.09. The molecular weight excluding hydrogens is 445 g/mol. The van der Waals surface area contributed by atoms with Crippen molar-refractivity contribution in [2.75, 3.05) is 25.0 Å². The molecule has 30 heavy (non-hydrogen) atoms. The molecule has 0 aliphatic carbocycles. The van der Waals surface area contributed by atoms with Crippen LogP contribution in [0.25, 0.3) is 0 Å². The number of anilines is 1. The Hall–Kier alpha value is -2.30. The molecule has 0 radical (unpaired) electrons. The van der Waals surface area contributed by atoms with E-state index in [1.54, 1.807) is 13.8 Å². The predicted molar refractivity (Wildman–Crippen MR) is 107 cm³/mol. The number of carbonyl (C=O) groups is 1. The Morgan fingerprint density at radius 3 is 2.37 bits per heavy atom. The molecule has 0 bridgehead atoms. The maximum Gasteiger partial charge on any atom is 0.418 e. The fourth-order valence-electron chi connectivity index (χ4n) is 2.67. The molecule has 2 rings (SSSR count). The van der Waals surface area contributed by atoms with Crippen LogP contribution >= 0.6 is 11.6 Å². The first-order valence-electron chi connectivity index (χ1n) is 8.89. The Morgan fingerprint density at radius 1 is 1.13 bits per heavy atom. The number of ether oxygens (including phenoxy) is 1. The van der Waals surface area contributed by atoms with Gasteiger partial charge >= 0.3 is 6.18 Å². The van der Waals surface area contributed by atoms with Crippen molar-refractivity contribution >= 4 is 33.2 Å². The molecule has 0 fully saturated rings. The SMILES string of the molecule is CCN(CC)S(=O)(=O)c1cc(Cl)ccc1OCC(=O)Nc1ccccc1C(F)(F)F. The monoisotopic (exact) mass is 464 g/mol. The summed E-state index contributed by atoms with van der Waals surface area (Å²) >= 11 is 5.92. The van der Waals surface area contributed by atoms with Crippen LogP contribution in [0.3, 0.4) is 0 Å². The molecule has 164 valence electrons. The molecule has 0 heterocycles. The first-order valence-corrected chi connectivity index (χ1v) is 10.7. The minimum absolute atomic E-state index is 0.134. The quantitative estimate of drug-likeness (QED) is 0.628. The Balaban J connectivity index is 2.22. The van der Waals surface area contributed by atoms with E-state index in [1.807, 2.05) is 0 Å². The second-order valence-corrected chi connectivity index (χ2v) is 8.40. The summed E-state index contributed by atoms with van der Waals surface area (Å²) in [6, 6.07) is 8.36. The number of sulfonamides is 1. The third kappa shape index (κ3) is 5.65. The lowest BCUT2D eigenvalue weighted by atomic mass is 10.1. The van der Waals surface area contributed by atoms with Crippen LogP contribution in [-0.4, -0.2) is 38.3 Å². The molecule has 0 spiro atoms. The summed E-state index contributed by atoms with van der Waals surface area (Å²) in [6.07, 6.45) is -4.65. The maximum atomic E-state index is 13.0. The number of nitrogens with one attached hydrogen (secondary N) is 1. The molecule has 1 N–H and O–H groups in total. The molecule has 0 aromatic heterocycles. The van der Waals surface area contributed by atoms with Gasteiger partial charge in [-0.15, -0.1) is 0 Å². The number of rotatable bonds is 8. The van der Waals surface area contributed by atoms with Crippen molar-refractivity contribution in [1.29, 1.82) is 0 Å².